The van der Waals surface area contributed by atoms with Gasteiger partial charge >= 0.3 is 0 Å². The van der Waals surface area contributed by atoms with E-state index in [1.165, 1.54) is 5.56 Å². The fourth-order valence-corrected chi connectivity index (χ4v) is 3.87. The molecule has 0 unspecified atom stereocenters. The molecule has 4 heterocycles. The Labute approximate surface area is 141 Å². The second kappa shape index (κ2) is 6.45. The Kier molecular flexibility index (Phi) is 4.16. The van der Waals surface area contributed by atoms with Gasteiger partial charge in [-0.3, -0.25) is 9.69 Å². The third-order valence-electron chi connectivity index (χ3n) is 5.20. The molecular weight excluding hydrogens is 306 g/mol. The van der Waals surface area contributed by atoms with Crippen molar-refractivity contribution in [3.05, 3.63) is 48.2 Å². The average molecular weight is 329 g/mol. The van der Waals surface area contributed by atoms with Crippen molar-refractivity contribution >= 4 is 5.91 Å². The van der Waals surface area contributed by atoms with Crippen LogP contribution >= 0.6 is 0 Å². The SMILES string of the molecule is Cn1cccc1C(=O)NC[C@@H]1CO[C@H]2CN(Cc3ccoc3)C[C@@H]12. The van der Waals surface area contributed by atoms with Crippen LogP contribution in [0.15, 0.2) is 41.3 Å². The second-order valence-electron chi connectivity index (χ2n) is 6.84. The van der Waals surface area contributed by atoms with Gasteiger partial charge in [-0.15, -0.1) is 0 Å². The predicted molar refractivity (Wildman–Crippen MR) is 88.5 cm³/mol. The van der Waals surface area contributed by atoms with E-state index in [0.717, 1.165) is 26.2 Å². The molecule has 0 aromatic carbocycles. The Balaban J connectivity index is 1.31. The highest BCUT2D eigenvalue weighted by atomic mass is 16.5. The van der Waals surface area contributed by atoms with Gasteiger partial charge in [0.1, 0.15) is 5.69 Å². The van der Waals surface area contributed by atoms with Crippen LogP contribution in [-0.4, -0.2) is 47.7 Å². The molecule has 0 aliphatic carbocycles. The number of likely N-dealkylation sites (tertiary alicyclic amines) is 1. The summed E-state index contributed by atoms with van der Waals surface area (Å²) in [5, 5.41) is 3.07. The van der Waals surface area contributed by atoms with E-state index >= 15 is 0 Å². The number of aryl methyl sites for hydroxylation is 1. The summed E-state index contributed by atoms with van der Waals surface area (Å²) < 4.78 is 12.9. The van der Waals surface area contributed by atoms with E-state index in [0.29, 0.717) is 24.1 Å². The summed E-state index contributed by atoms with van der Waals surface area (Å²) in [7, 11) is 1.88. The van der Waals surface area contributed by atoms with Crippen molar-refractivity contribution in [3.8, 4) is 0 Å². The molecule has 0 saturated carbocycles. The lowest BCUT2D eigenvalue weighted by atomic mass is 9.93. The number of aromatic nitrogens is 1. The van der Waals surface area contributed by atoms with Crippen molar-refractivity contribution in [2.75, 3.05) is 26.2 Å². The van der Waals surface area contributed by atoms with Crippen molar-refractivity contribution in [1.29, 1.82) is 0 Å². The predicted octanol–water partition coefficient (Wildman–Crippen LogP) is 1.49. The minimum atomic E-state index is -0.0146. The molecule has 1 N–H and O–H groups in total. The molecule has 2 fully saturated rings. The summed E-state index contributed by atoms with van der Waals surface area (Å²) in [6.07, 6.45) is 5.68. The van der Waals surface area contributed by atoms with Crippen molar-refractivity contribution < 1.29 is 13.9 Å². The molecule has 2 aliphatic heterocycles. The third kappa shape index (κ3) is 2.99. The molecule has 6 heteroatoms. The molecule has 3 atom stereocenters. The normalized spacial score (nSPS) is 26.6. The van der Waals surface area contributed by atoms with Crippen LogP contribution in [0.4, 0.5) is 0 Å². The summed E-state index contributed by atoms with van der Waals surface area (Å²) in [6, 6.07) is 5.73. The molecule has 6 nitrogen and oxygen atoms in total. The zero-order chi connectivity index (χ0) is 16.5. The first kappa shape index (κ1) is 15.5. The number of furan rings is 1. The lowest BCUT2D eigenvalue weighted by molar-refractivity contribution is 0.0899. The first-order valence-electron chi connectivity index (χ1n) is 8.45. The van der Waals surface area contributed by atoms with E-state index in [4.69, 9.17) is 9.15 Å². The number of nitrogens with one attached hydrogen (secondary N) is 1. The van der Waals surface area contributed by atoms with Crippen molar-refractivity contribution in [2.24, 2.45) is 18.9 Å². The Hall–Kier alpha value is -2.05. The molecule has 2 aromatic rings. The van der Waals surface area contributed by atoms with E-state index in [-0.39, 0.29) is 12.0 Å². The molecule has 2 aromatic heterocycles. The Morgan fingerprint density at radius 1 is 1.38 bits per heavy atom. The quantitative estimate of drug-likeness (QED) is 0.903. The zero-order valence-electron chi connectivity index (χ0n) is 13.9. The van der Waals surface area contributed by atoms with E-state index in [1.54, 1.807) is 12.5 Å². The topological polar surface area (TPSA) is 59.6 Å². The lowest BCUT2D eigenvalue weighted by Crippen LogP contribution is -2.34. The molecule has 128 valence electrons. The zero-order valence-corrected chi connectivity index (χ0v) is 13.9. The number of rotatable bonds is 5. The number of fused-ring (bicyclic) bond motifs is 1. The highest BCUT2D eigenvalue weighted by Gasteiger charge is 2.43. The van der Waals surface area contributed by atoms with Crippen LogP contribution < -0.4 is 5.32 Å². The maximum atomic E-state index is 12.3. The number of carbonyl (C=O) groups excluding carboxylic acids is 1. The summed E-state index contributed by atoms with van der Waals surface area (Å²) >= 11 is 0. The Bertz CT molecular complexity index is 694. The maximum absolute atomic E-state index is 12.3. The molecule has 4 rings (SSSR count). The van der Waals surface area contributed by atoms with Gasteiger partial charge in [0, 0.05) is 56.8 Å². The standard InChI is InChI=1S/C18H23N3O3/c1-20-5-2-3-16(20)18(22)19-7-14-12-24-17-10-21(9-15(14)17)8-13-4-6-23-11-13/h2-6,11,14-15,17H,7-10,12H2,1H3,(H,19,22)/t14-,15+,17+/m1/s1. The Morgan fingerprint density at radius 3 is 3.04 bits per heavy atom. The fraction of sp³-hybridized carbons (Fsp3) is 0.500. The van der Waals surface area contributed by atoms with Crippen molar-refractivity contribution in [3.63, 3.8) is 0 Å². The van der Waals surface area contributed by atoms with E-state index < -0.39 is 0 Å². The average Bonchev–Trinajstić information content (AvgIpc) is 3.31. The third-order valence-corrected chi connectivity index (χ3v) is 5.20. The molecule has 0 spiro atoms. The Morgan fingerprint density at radius 2 is 2.29 bits per heavy atom. The fourth-order valence-electron chi connectivity index (χ4n) is 3.87. The van der Waals surface area contributed by atoms with Crippen LogP contribution in [-0.2, 0) is 18.3 Å². The van der Waals surface area contributed by atoms with Crippen LogP contribution in [0, 0.1) is 11.8 Å². The first-order valence-corrected chi connectivity index (χ1v) is 8.45. The van der Waals surface area contributed by atoms with Crippen LogP contribution in [0.3, 0.4) is 0 Å². The van der Waals surface area contributed by atoms with Gasteiger partial charge in [0.25, 0.3) is 5.91 Å². The van der Waals surface area contributed by atoms with E-state index in [2.05, 4.69) is 10.2 Å². The number of nitrogens with zero attached hydrogens (tertiary/aromatic N) is 2. The van der Waals surface area contributed by atoms with Crippen molar-refractivity contribution in [2.45, 2.75) is 12.6 Å². The van der Waals surface area contributed by atoms with E-state index in [9.17, 15) is 4.79 Å². The minimum Gasteiger partial charge on any atom is -0.472 e. The van der Waals surface area contributed by atoms with Gasteiger partial charge in [-0.25, -0.2) is 0 Å². The summed E-state index contributed by atoms with van der Waals surface area (Å²) in [5.74, 6) is 0.860. The minimum absolute atomic E-state index is 0.0146. The van der Waals surface area contributed by atoms with Gasteiger partial charge in [-0.2, -0.15) is 0 Å². The molecule has 2 aliphatic rings. The van der Waals surface area contributed by atoms with Gasteiger partial charge in [-0.1, -0.05) is 0 Å². The second-order valence-corrected chi connectivity index (χ2v) is 6.84. The number of ether oxygens (including phenoxy) is 1. The van der Waals surface area contributed by atoms with Gasteiger partial charge in [0.2, 0.25) is 0 Å². The summed E-state index contributed by atoms with van der Waals surface area (Å²) in [5.41, 5.74) is 1.89. The molecule has 1 amide bonds. The molecule has 0 bridgehead atoms. The maximum Gasteiger partial charge on any atom is 0.267 e. The molecule has 24 heavy (non-hydrogen) atoms. The smallest absolute Gasteiger partial charge is 0.267 e. The monoisotopic (exact) mass is 329 g/mol. The van der Waals surface area contributed by atoms with Gasteiger partial charge in [0.05, 0.1) is 25.2 Å². The number of carbonyl (C=O) groups is 1. The van der Waals surface area contributed by atoms with Gasteiger partial charge < -0.3 is 19.0 Å². The van der Waals surface area contributed by atoms with Gasteiger partial charge in [-0.05, 0) is 18.2 Å². The van der Waals surface area contributed by atoms with Crippen LogP contribution in [0.5, 0.6) is 0 Å². The molecule has 0 radical (unpaired) electrons. The lowest BCUT2D eigenvalue weighted by Gasteiger charge is -2.19. The first-order chi connectivity index (χ1) is 11.7. The largest absolute Gasteiger partial charge is 0.472 e. The summed E-state index contributed by atoms with van der Waals surface area (Å²) in [4.78, 5) is 14.7. The molecular formula is C18H23N3O3. The number of hydrogen-bond acceptors (Lipinski definition) is 4. The van der Waals surface area contributed by atoms with Crippen LogP contribution in [0.2, 0.25) is 0 Å². The van der Waals surface area contributed by atoms with Crippen LogP contribution in [0.25, 0.3) is 0 Å². The molecule has 2 saturated heterocycles. The number of hydrogen-bond donors (Lipinski definition) is 1. The van der Waals surface area contributed by atoms with Gasteiger partial charge in [0.15, 0.2) is 0 Å². The highest BCUT2D eigenvalue weighted by Crippen LogP contribution is 2.34. The summed E-state index contributed by atoms with van der Waals surface area (Å²) in [6.45, 7) is 4.28. The number of amides is 1. The van der Waals surface area contributed by atoms with Crippen LogP contribution in [0.1, 0.15) is 16.1 Å². The highest BCUT2D eigenvalue weighted by molar-refractivity contribution is 5.92. The van der Waals surface area contributed by atoms with E-state index in [1.807, 2.05) is 36.0 Å². The van der Waals surface area contributed by atoms with Crippen molar-refractivity contribution in [1.82, 2.24) is 14.8 Å².